The van der Waals surface area contributed by atoms with E-state index in [1.165, 1.54) is 32.2 Å². The number of nitrogens with one attached hydrogen (secondary N) is 1. The number of hydrogen-bond acceptors (Lipinski definition) is 7. The Morgan fingerprint density at radius 3 is 2.45 bits per heavy atom. The second-order valence-corrected chi connectivity index (χ2v) is 9.04. The van der Waals surface area contributed by atoms with E-state index in [-0.39, 0.29) is 36.0 Å². The minimum absolute atomic E-state index is 0.0238. The summed E-state index contributed by atoms with van der Waals surface area (Å²) in [5, 5.41) is 13.3. The van der Waals surface area contributed by atoms with Gasteiger partial charge in [-0.2, -0.15) is 0 Å². The normalized spacial score (nSPS) is 12.7. The van der Waals surface area contributed by atoms with Crippen LogP contribution in [0.2, 0.25) is 0 Å². The number of amides is 1. The standard InChI is InChI=1S/C20H25N2O6P/c1-4-29(26,28-17-8-6-5-7-9-17)14-21-13-22(25)20(24)16-10-11-19(27-3)18(12-16)15(2)23/h5-12,21,25H,4,13-14H2,1-3H3. The van der Waals surface area contributed by atoms with E-state index in [0.29, 0.717) is 16.6 Å². The van der Waals surface area contributed by atoms with Crippen LogP contribution in [0.25, 0.3) is 0 Å². The summed E-state index contributed by atoms with van der Waals surface area (Å²) in [7, 11) is -1.61. The number of rotatable bonds is 10. The summed E-state index contributed by atoms with van der Waals surface area (Å²) in [5.74, 6) is -0.135. The topological polar surface area (TPSA) is 105 Å². The summed E-state index contributed by atoms with van der Waals surface area (Å²) >= 11 is 0. The first-order chi connectivity index (χ1) is 13.8. The Balaban J connectivity index is 1.98. The van der Waals surface area contributed by atoms with E-state index >= 15 is 0 Å². The maximum atomic E-state index is 12.8. The van der Waals surface area contributed by atoms with Gasteiger partial charge in [-0.25, -0.2) is 5.06 Å². The zero-order valence-corrected chi connectivity index (χ0v) is 17.5. The lowest BCUT2D eigenvalue weighted by Crippen LogP contribution is -2.37. The number of hydrogen-bond donors (Lipinski definition) is 2. The van der Waals surface area contributed by atoms with Crippen LogP contribution in [0, 0.1) is 0 Å². The van der Waals surface area contributed by atoms with Gasteiger partial charge in [-0.3, -0.25) is 24.7 Å². The van der Waals surface area contributed by atoms with Crippen molar-refractivity contribution in [2.75, 3.05) is 26.2 Å². The Kier molecular flexibility index (Phi) is 7.96. The number of methoxy groups -OCH3 is 1. The molecule has 1 amide bonds. The van der Waals surface area contributed by atoms with Crippen LogP contribution in [0.5, 0.6) is 11.5 Å². The Morgan fingerprint density at radius 2 is 1.86 bits per heavy atom. The molecule has 9 heteroatoms. The molecule has 8 nitrogen and oxygen atoms in total. The van der Waals surface area contributed by atoms with Crippen LogP contribution in [0.3, 0.4) is 0 Å². The van der Waals surface area contributed by atoms with Crippen LogP contribution in [0.1, 0.15) is 34.6 Å². The van der Waals surface area contributed by atoms with Crippen LogP contribution >= 0.6 is 7.37 Å². The number of ketones is 1. The molecule has 0 bridgehead atoms. The van der Waals surface area contributed by atoms with Crippen molar-refractivity contribution < 1.29 is 28.6 Å². The number of carbonyl (C=O) groups excluding carboxylic acids is 2. The first kappa shape index (κ1) is 22.6. The van der Waals surface area contributed by atoms with E-state index in [9.17, 15) is 19.4 Å². The number of para-hydroxylation sites is 1. The third-order valence-corrected chi connectivity index (χ3v) is 6.38. The molecule has 0 spiro atoms. The molecular weight excluding hydrogens is 395 g/mol. The third kappa shape index (κ3) is 6.15. The van der Waals surface area contributed by atoms with Gasteiger partial charge in [-0.15, -0.1) is 0 Å². The van der Waals surface area contributed by atoms with Crippen molar-refractivity contribution in [3.05, 3.63) is 59.7 Å². The predicted octanol–water partition coefficient (Wildman–Crippen LogP) is 3.61. The van der Waals surface area contributed by atoms with E-state index in [2.05, 4.69) is 5.32 Å². The zero-order chi connectivity index (χ0) is 21.4. The van der Waals surface area contributed by atoms with Gasteiger partial charge in [-0.1, -0.05) is 25.1 Å². The second kappa shape index (κ2) is 10.2. The molecule has 2 rings (SSSR count). The number of Topliss-reactive ketones (excluding diaryl/α,β-unsaturated/α-hetero) is 1. The minimum atomic E-state index is -3.03. The number of nitrogens with zero attached hydrogens (tertiary/aromatic N) is 1. The minimum Gasteiger partial charge on any atom is -0.496 e. The summed E-state index contributed by atoms with van der Waals surface area (Å²) in [4.78, 5) is 24.1. The summed E-state index contributed by atoms with van der Waals surface area (Å²) in [6, 6.07) is 13.1. The molecule has 0 fully saturated rings. The molecule has 29 heavy (non-hydrogen) atoms. The number of benzene rings is 2. The summed E-state index contributed by atoms with van der Waals surface area (Å²) < 4.78 is 23.5. The maximum Gasteiger partial charge on any atom is 0.278 e. The van der Waals surface area contributed by atoms with E-state index in [4.69, 9.17) is 9.26 Å². The molecule has 0 saturated carbocycles. The Hall–Kier alpha value is -2.67. The summed E-state index contributed by atoms with van der Waals surface area (Å²) in [6.07, 6.45) is 0.263. The number of ether oxygens (including phenoxy) is 1. The fourth-order valence-corrected chi connectivity index (χ4v) is 3.91. The highest BCUT2D eigenvalue weighted by atomic mass is 31.2. The van der Waals surface area contributed by atoms with Crippen LogP contribution in [0.4, 0.5) is 0 Å². The maximum absolute atomic E-state index is 12.8. The molecule has 0 aliphatic heterocycles. The van der Waals surface area contributed by atoms with Gasteiger partial charge < -0.3 is 9.26 Å². The van der Waals surface area contributed by atoms with Crippen molar-refractivity contribution >= 4 is 19.1 Å². The largest absolute Gasteiger partial charge is 0.496 e. The zero-order valence-electron chi connectivity index (χ0n) is 16.6. The lowest BCUT2D eigenvalue weighted by molar-refractivity contribution is -0.0622. The van der Waals surface area contributed by atoms with Gasteiger partial charge in [0.2, 0.25) is 0 Å². The van der Waals surface area contributed by atoms with Gasteiger partial charge in [0.1, 0.15) is 11.5 Å². The van der Waals surface area contributed by atoms with Crippen molar-refractivity contribution in [2.45, 2.75) is 13.8 Å². The van der Waals surface area contributed by atoms with Gasteiger partial charge in [0.15, 0.2) is 5.78 Å². The fourth-order valence-electron chi connectivity index (χ4n) is 2.55. The molecule has 0 aromatic heterocycles. The van der Waals surface area contributed by atoms with Crippen LogP contribution in [-0.2, 0) is 4.57 Å². The van der Waals surface area contributed by atoms with Gasteiger partial charge in [0.25, 0.3) is 13.3 Å². The van der Waals surface area contributed by atoms with Gasteiger partial charge in [0, 0.05) is 11.7 Å². The lowest BCUT2D eigenvalue weighted by Gasteiger charge is -2.21. The SMILES string of the molecule is CCP(=O)(CNCN(O)C(=O)c1ccc(OC)c(C(C)=O)c1)Oc1ccccc1. The highest BCUT2D eigenvalue weighted by Gasteiger charge is 2.23. The first-order valence-electron chi connectivity index (χ1n) is 9.03. The fraction of sp³-hybridized carbons (Fsp3) is 0.300. The summed E-state index contributed by atoms with van der Waals surface area (Å²) in [5.41, 5.74) is 0.367. The Bertz CT molecular complexity index is 903. The molecule has 2 N–H and O–H groups in total. The molecule has 0 heterocycles. The molecule has 0 aliphatic carbocycles. The number of carbonyl (C=O) groups is 2. The van der Waals surface area contributed by atoms with E-state index in [1.54, 1.807) is 31.2 Å². The van der Waals surface area contributed by atoms with Crippen LogP contribution < -0.4 is 14.6 Å². The molecule has 156 valence electrons. The number of hydroxylamine groups is 2. The average Bonchev–Trinajstić information content (AvgIpc) is 2.73. The Labute approximate surface area is 169 Å². The van der Waals surface area contributed by atoms with Crippen molar-refractivity contribution in [2.24, 2.45) is 0 Å². The first-order valence-corrected chi connectivity index (χ1v) is 11.0. The van der Waals surface area contributed by atoms with Gasteiger partial charge >= 0.3 is 0 Å². The van der Waals surface area contributed by atoms with Gasteiger partial charge in [0.05, 0.1) is 25.6 Å². The highest BCUT2D eigenvalue weighted by Crippen LogP contribution is 2.45. The van der Waals surface area contributed by atoms with E-state index in [0.717, 1.165) is 0 Å². The Morgan fingerprint density at radius 1 is 1.17 bits per heavy atom. The van der Waals surface area contributed by atoms with Crippen LogP contribution in [-0.4, -0.2) is 48.2 Å². The quantitative estimate of drug-likeness (QED) is 0.199. The van der Waals surface area contributed by atoms with Crippen molar-refractivity contribution in [1.82, 2.24) is 10.4 Å². The molecule has 0 aliphatic rings. The third-order valence-electron chi connectivity index (χ3n) is 4.17. The second-order valence-electron chi connectivity index (χ2n) is 6.28. The van der Waals surface area contributed by atoms with E-state index in [1.807, 2.05) is 6.07 Å². The molecule has 1 atom stereocenters. The molecule has 0 saturated heterocycles. The predicted molar refractivity (Wildman–Crippen MR) is 109 cm³/mol. The molecule has 0 radical (unpaired) electrons. The van der Waals surface area contributed by atoms with Crippen molar-refractivity contribution in [1.29, 1.82) is 0 Å². The van der Waals surface area contributed by atoms with Crippen LogP contribution in [0.15, 0.2) is 48.5 Å². The molecular formula is C20H25N2O6P. The smallest absolute Gasteiger partial charge is 0.278 e. The highest BCUT2D eigenvalue weighted by molar-refractivity contribution is 7.59. The van der Waals surface area contributed by atoms with Gasteiger partial charge in [-0.05, 0) is 37.3 Å². The monoisotopic (exact) mass is 420 g/mol. The van der Waals surface area contributed by atoms with E-state index < -0.39 is 13.3 Å². The summed E-state index contributed by atoms with van der Waals surface area (Å²) in [6.45, 7) is 2.84. The molecule has 2 aromatic rings. The average molecular weight is 420 g/mol. The van der Waals surface area contributed by atoms with Crippen molar-refractivity contribution in [3.63, 3.8) is 0 Å². The lowest BCUT2D eigenvalue weighted by atomic mass is 10.1. The van der Waals surface area contributed by atoms with Crippen molar-refractivity contribution in [3.8, 4) is 11.5 Å². The molecule has 2 aromatic carbocycles. The molecule has 1 unspecified atom stereocenters.